The van der Waals surface area contributed by atoms with Gasteiger partial charge in [0, 0.05) is 30.2 Å². The molecule has 0 radical (unpaired) electrons. The molecule has 0 aliphatic carbocycles. The molecule has 1 fully saturated rings. The smallest absolute Gasteiger partial charge is 0.158 e. The molecular formula is C33H35N3O4. The zero-order valence-electron chi connectivity index (χ0n) is 23.1. The number of nitrogen functional groups attached to an aromatic ring is 1. The number of methoxy groups -OCH3 is 2. The molecule has 1 aliphatic heterocycles. The standard InChI is InChI=1S/C33H35N3O4/c1-37-24-14-10-22(11-15-24)19-27-30(21-40-31-9-5-6-18-39-31)36(34)33-26-7-3-4-8-28(26)35-29(32(27)33)20-23-12-16-25(38-2)17-13-23/h3-4,7-8,10-17,31H,5-6,9,18-21,34H2,1-2H3. The van der Waals surface area contributed by atoms with Crippen molar-refractivity contribution >= 4 is 21.8 Å². The first kappa shape index (κ1) is 26.2. The molecule has 2 N–H and O–H groups in total. The summed E-state index contributed by atoms with van der Waals surface area (Å²) in [5.74, 6) is 8.61. The van der Waals surface area contributed by atoms with E-state index in [1.54, 1.807) is 14.2 Å². The van der Waals surface area contributed by atoms with Crippen LogP contribution in [-0.4, -0.2) is 36.8 Å². The molecule has 0 saturated carbocycles. The monoisotopic (exact) mass is 537 g/mol. The van der Waals surface area contributed by atoms with Gasteiger partial charge in [-0.25, -0.2) is 0 Å². The fraction of sp³-hybridized carbons (Fsp3) is 0.303. The molecule has 7 nitrogen and oxygen atoms in total. The highest BCUT2D eigenvalue weighted by atomic mass is 16.7. The number of hydrogen-bond acceptors (Lipinski definition) is 6. The Balaban J connectivity index is 1.51. The van der Waals surface area contributed by atoms with Gasteiger partial charge in [0.2, 0.25) is 0 Å². The third kappa shape index (κ3) is 5.22. The normalized spacial score (nSPS) is 15.5. The highest BCUT2D eigenvalue weighted by Crippen LogP contribution is 2.36. The summed E-state index contributed by atoms with van der Waals surface area (Å²) in [6.07, 6.45) is 4.21. The molecule has 2 aromatic heterocycles. The second-order valence-corrected chi connectivity index (χ2v) is 10.3. The molecular weight excluding hydrogens is 502 g/mol. The van der Waals surface area contributed by atoms with Crippen molar-refractivity contribution in [3.05, 3.63) is 101 Å². The summed E-state index contributed by atoms with van der Waals surface area (Å²) in [4.78, 5) is 5.19. The topological polar surface area (TPSA) is 80.8 Å². The molecule has 0 spiro atoms. The second kappa shape index (κ2) is 11.6. The van der Waals surface area contributed by atoms with Gasteiger partial charge in [-0.1, -0.05) is 42.5 Å². The fourth-order valence-electron chi connectivity index (χ4n) is 5.61. The molecule has 6 rings (SSSR count). The van der Waals surface area contributed by atoms with Crippen LogP contribution in [0.4, 0.5) is 0 Å². The lowest BCUT2D eigenvalue weighted by Crippen LogP contribution is -2.23. The minimum absolute atomic E-state index is 0.214. The van der Waals surface area contributed by atoms with E-state index in [2.05, 4.69) is 36.4 Å². The number of pyridine rings is 1. The Bertz CT molecular complexity index is 1600. The predicted octanol–water partition coefficient (Wildman–Crippen LogP) is 6.15. The Kier molecular flexibility index (Phi) is 7.58. The number of hydrogen-bond donors (Lipinski definition) is 1. The van der Waals surface area contributed by atoms with Gasteiger partial charge in [-0.15, -0.1) is 0 Å². The van der Waals surface area contributed by atoms with Gasteiger partial charge in [0.15, 0.2) is 6.29 Å². The van der Waals surface area contributed by atoms with Crippen molar-refractivity contribution in [2.24, 2.45) is 0 Å². The van der Waals surface area contributed by atoms with Crippen molar-refractivity contribution < 1.29 is 18.9 Å². The number of ether oxygens (including phenoxy) is 4. The van der Waals surface area contributed by atoms with Crippen molar-refractivity contribution in [1.29, 1.82) is 0 Å². The Morgan fingerprint density at radius 1 is 0.875 bits per heavy atom. The van der Waals surface area contributed by atoms with Crippen molar-refractivity contribution in [2.75, 3.05) is 26.7 Å². The van der Waals surface area contributed by atoms with Gasteiger partial charge in [-0.3, -0.25) is 9.66 Å². The molecule has 0 amide bonds. The van der Waals surface area contributed by atoms with Gasteiger partial charge in [-0.05, 0) is 66.3 Å². The van der Waals surface area contributed by atoms with Gasteiger partial charge in [0.1, 0.15) is 11.5 Å². The van der Waals surface area contributed by atoms with Crippen LogP contribution in [0, 0.1) is 0 Å². The molecule has 3 aromatic carbocycles. The van der Waals surface area contributed by atoms with E-state index >= 15 is 0 Å². The van der Waals surface area contributed by atoms with Crippen LogP contribution >= 0.6 is 0 Å². The lowest BCUT2D eigenvalue weighted by Gasteiger charge is -2.23. The summed E-state index contributed by atoms with van der Waals surface area (Å²) in [6.45, 7) is 1.09. The Morgan fingerprint density at radius 2 is 1.55 bits per heavy atom. The van der Waals surface area contributed by atoms with E-state index in [1.165, 1.54) is 0 Å². The second-order valence-electron chi connectivity index (χ2n) is 10.3. The van der Waals surface area contributed by atoms with E-state index < -0.39 is 0 Å². The SMILES string of the molecule is COc1ccc(Cc2nc3ccccc3c3c2c(Cc2ccc(OC)cc2)c(COC2CCCCO2)n3N)cc1. The lowest BCUT2D eigenvalue weighted by atomic mass is 9.97. The maximum absolute atomic E-state index is 6.95. The largest absolute Gasteiger partial charge is 0.497 e. The zero-order valence-corrected chi connectivity index (χ0v) is 23.1. The van der Waals surface area contributed by atoms with Crippen LogP contribution in [0.1, 0.15) is 47.3 Å². The van der Waals surface area contributed by atoms with E-state index in [0.717, 1.165) is 87.3 Å². The molecule has 3 heterocycles. The van der Waals surface area contributed by atoms with E-state index in [-0.39, 0.29) is 6.29 Å². The minimum Gasteiger partial charge on any atom is -0.497 e. The van der Waals surface area contributed by atoms with Crippen LogP contribution in [0.15, 0.2) is 72.8 Å². The number of aromatic nitrogens is 2. The molecule has 40 heavy (non-hydrogen) atoms. The quantitative estimate of drug-likeness (QED) is 0.227. The van der Waals surface area contributed by atoms with E-state index in [9.17, 15) is 0 Å². The summed E-state index contributed by atoms with van der Waals surface area (Å²) < 4.78 is 24.8. The maximum Gasteiger partial charge on any atom is 0.158 e. The van der Waals surface area contributed by atoms with Crippen LogP contribution in [0.25, 0.3) is 21.8 Å². The van der Waals surface area contributed by atoms with Crippen molar-refractivity contribution in [3.8, 4) is 11.5 Å². The van der Waals surface area contributed by atoms with E-state index in [1.807, 2.05) is 41.1 Å². The molecule has 206 valence electrons. The Labute approximate surface area is 234 Å². The predicted molar refractivity (Wildman–Crippen MR) is 157 cm³/mol. The Hall–Kier alpha value is -4.07. The fourth-order valence-corrected chi connectivity index (χ4v) is 5.61. The van der Waals surface area contributed by atoms with Crippen LogP contribution in [0.2, 0.25) is 0 Å². The van der Waals surface area contributed by atoms with Gasteiger partial charge in [-0.2, -0.15) is 0 Å². The molecule has 1 atom stereocenters. The number of fused-ring (bicyclic) bond motifs is 3. The number of benzene rings is 3. The molecule has 1 saturated heterocycles. The average Bonchev–Trinajstić information content (AvgIpc) is 3.28. The third-order valence-corrected chi connectivity index (χ3v) is 7.74. The van der Waals surface area contributed by atoms with Gasteiger partial charge in [0.25, 0.3) is 0 Å². The van der Waals surface area contributed by atoms with Crippen LogP contribution in [0.5, 0.6) is 11.5 Å². The van der Waals surface area contributed by atoms with Gasteiger partial charge < -0.3 is 24.8 Å². The molecule has 1 unspecified atom stereocenters. The van der Waals surface area contributed by atoms with Crippen LogP contribution in [-0.2, 0) is 28.9 Å². The van der Waals surface area contributed by atoms with Crippen molar-refractivity contribution in [3.63, 3.8) is 0 Å². The summed E-state index contributed by atoms with van der Waals surface area (Å²) in [6, 6.07) is 24.6. The first-order valence-corrected chi connectivity index (χ1v) is 13.8. The first-order valence-electron chi connectivity index (χ1n) is 13.8. The summed E-state index contributed by atoms with van der Waals surface area (Å²) in [5.41, 5.74) is 7.25. The highest BCUT2D eigenvalue weighted by Gasteiger charge is 2.24. The number of nitrogens with two attached hydrogens (primary N) is 1. The number of nitrogens with zero attached hydrogens (tertiary/aromatic N) is 2. The third-order valence-electron chi connectivity index (χ3n) is 7.74. The molecule has 0 bridgehead atoms. The van der Waals surface area contributed by atoms with Crippen LogP contribution < -0.4 is 15.3 Å². The lowest BCUT2D eigenvalue weighted by molar-refractivity contribution is -0.169. The van der Waals surface area contributed by atoms with E-state index in [0.29, 0.717) is 19.4 Å². The summed E-state index contributed by atoms with van der Waals surface area (Å²) in [7, 11) is 3.36. The number of para-hydroxylation sites is 1. The molecule has 1 aliphatic rings. The van der Waals surface area contributed by atoms with Gasteiger partial charge in [0.05, 0.1) is 43.2 Å². The van der Waals surface area contributed by atoms with Crippen LogP contribution in [0.3, 0.4) is 0 Å². The first-order chi connectivity index (χ1) is 19.6. The summed E-state index contributed by atoms with van der Waals surface area (Å²) in [5, 5.41) is 2.10. The highest BCUT2D eigenvalue weighted by molar-refractivity contribution is 6.07. The minimum atomic E-state index is -0.214. The molecule has 5 aromatic rings. The number of rotatable bonds is 9. The van der Waals surface area contributed by atoms with Crippen molar-refractivity contribution in [2.45, 2.75) is 45.0 Å². The zero-order chi connectivity index (χ0) is 27.5. The molecule has 7 heteroatoms. The van der Waals surface area contributed by atoms with Crippen molar-refractivity contribution in [1.82, 2.24) is 9.66 Å². The maximum atomic E-state index is 6.95. The average molecular weight is 538 g/mol. The van der Waals surface area contributed by atoms with Gasteiger partial charge >= 0.3 is 0 Å². The Morgan fingerprint density at radius 3 is 2.20 bits per heavy atom. The van der Waals surface area contributed by atoms with E-state index in [4.69, 9.17) is 29.8 Å². The summed E-state index contributed by atoms with van der Waals surface area (Å²) >= 11 is 0.